The first-order chi connectivity index (χ1) is 15.8. The molecule has 2 bridgehead atoms. The number of nitrogens with zero attached hydrogens (tertiary/aromatic N) is 3. The van der Waals surface area contributed by atoms with Gasteiger partial charge in [0.05, 0.1) is 12.1 Å². The zero-order valence-corrected chi connectivity index (χ0v) is 19.6. The molecule has 5 atom stereocenters. The van der Waals surface area contributed by atoms with E-state index in [2.05, 4.69) is 33.9 Å². The number of nitrogens with one attached hydrogen (secondary N) is 1. The van der Waals surface area contributed by atoms with E-state index in [1.807, 2.05) is 23.1 Å². The van der Waals surface area contributed by atoms with Crippen molar-refractivity contribution in [1.82, 2.24) is 19.8 Å². The number of H-pyrrole nitrogens is 1. The summed E-state index contributed by atoms with van der Waals surface area (Å²) in [6.07, 6.45) is 5.54. The molecule has 5 rings (SSSR count). The predicted molar refractivity (Wildman–Crippen MR) is 125 cm³/mol. The lowest BCUT2D eigenvalue weighted by atomic mass is 9.69. The first-order valence-corrected chi connectivity index (χ1v) is 12.0. The summed E-state index contributed by atoms with van der Waals surface area (Å²) in [6.45, 7) is 5.69. The first-order valence-electron chi connectivity index (χ1n) is 12.0. The van der Waals surface area contributed by atoms with Gasteiger partial charge in [0.1, 0.15) is 5.69 Å². The van der Waals surface area contributed by atoms with Gasteiger partial charge in [0, 0.05) is 30.1 Å². The number of aromatic amines is 1. The first kappa shape index (κ1) is 21.9. The molecular weight excluding hydrogens is 416 g/mol. The molecule has 1 aromatic heterocycles. The topological polar surface area (TPSA) is 86.4 Å². The summed E-state index contributed by atoms with van der Waals surface area (Å²) in [7, 11) is 0. The van der Waals surface area contributed by atoms with Crippen LogP contribution in [-0.2, 0) is 11.2 Å². The summed E-state index contributed by atoms with van der Waals surface area (Å²) in [5, 5.41) is 0. The number of aryl methyl sites for hydroxylation is 1. The Kier molecular flexibility index (Phi) is 5.38. The Morgan fingerprint density at radius 2 is 1.79 bits per heavy atom. The summed E-state index contributed by atoms with van der Waals surface area (Å²) in [5.41, 5.74) is 1.31. The number of hydrogen-bond acceptors (Lipinski definition) is 4. The number of amides is 2. The number of carbonyl (C=O) groups excluding carboxylic acids is 2. The fourth-order valence-electron chi connectivity index (χ4n) is 6.92. The average molecular weight is 449 g/mol. The molecule has 3 heterocycles. The van der Waals surface area contributed by atoms with Crippen molar-refractivity contribution in [3.05, 3.63) is 63.8 Å². The summed E-state index contributed by atoms with van der Waals surface area (Å²) in [6, 6.07) is 11.8. The molecule has 1 aliphatic carbocycles. The lowest BCUT2D eigenvalue weighted by Crippen LogP contribution is -2.61. The Hall–Kier alpha value is -2.96. The molecule has 2 amide bonds. The number of carbonyl (C=O) groups is 2. The lowest BCUT2D eigenvalue weighted by molar-refractivity contribution is -0.141. The highest BCUT2D eigenvalue weighted by atomic mass is 16.2. The SMILES string of the molecule is CC(=O)N1[C@@H](Cc2ccccc2)[C@@H]2C[C@@]3(C)[C@H](CCCC[C@@H]13)N2C(=O)c1cc(C)[nH]c(=O)n1. The third kappa shape index (κ3) is 3.58. The maximum absolute atomic E-state index is 13.9. The molecule has 2 aromatic rings. The fourth-order valence-corrected chi connectivity index (χ4v) is 6.92. The molecule has 0 unspecified atom stereocenters. The maximum Gasteiger partial charge on any atom is 0.345 e. The van der Waals surface area contributed by atoms with Crippen LogP contribution in [0.2, 0.25) is 0 Å². The monoisotopic (exact) mass is 448 g/mol. The fraction of sp³-hybridized carbons (Fsp3) is 0.538. The van der Waals surface area contributed by atoms with Crippen molar-refractivity contribution in [1.29, 1.82) is 0 Å². The minimum atomic E-state index is -0.503. The molecule has 1 saturated carbocycles. The summed E-state index contributed by atoms with van der Waals surface area (Å²) in [5.74, 6) is -0.107. The Labute approximate surface area is 194 Å². The van der Waals surface area contributed by atoms with E-state index in [1.54, 1.807) is 19.9 Å². The Morgan fingerprint density at radius 3 is 2.42 bits per heavy atom. The third-order valence-electron chi connectivity index (χ3n) is 8.19. The Balaban J connectivity index is 1.62. The van der Waals surface area contributed by atoms with E-state index in [4.69, 9.17) is 0 Å². The zero-order chi connectivity index (χ0) is 23.3. The smallest absolute Gasteiger partial charge is 0.334 e. The normalized spacial score (nSPS) is 30.8. The number of benzene rings is 1. The predicted octanol–water partition coefficient (Wildman–Crippen LogP) is 3.08. The summed E-state index contributed by atoms with van der Waals surface area (Å²) in [4.78, 5) is 49.8. The van der Waals surface area contributed by atoms with Gasteiger partial charge in [-0.2, -0.15) is 4.98 Å². The van der Waals surface area contributed by atoms with Crippen LogP contribution in [0.5, 0.6) is 0 Å². The molecule has 0 radical (unpaired) electrons. The molecule has 7 nitrogen and oxygen atoms in total. The van der Waals surface area contributed by atoms with Crippen LogP contribution in [-0.4, -0.2) is 55.7 Å². The van der Waals surface area contributed by atoms with Gasteiger partial charge in [-0.1, -0.05) is 50.1 Å². The van der Waals surface area contributed by atoms with E-state index in [9.17, 15) is 14.4 Å². The maximum atomic E-state index is 13.9. The van der Waals surface area contributed by atoms with E-state index < -0.39 is 5.69 Å². The van der Waals surface area contributed by atoms with Crippen molar-refractivity contribution in [3.8, 4) is 0 Å². The van der Waals surface area contributed by atoms with Crippen molar-refractivity contribution >= 4 is 11.8 Å². The number of fused-ring (bicyclic) bond motifs is 1. The number of aromatic nitrogens is 2. The van der Waals surface area contributed by atoms with E-state index in [0.717, 1.165) is 37.7 Å². The third-order valence-corrected chi connectivity index (χ3v) is 8.19. The van der Waals surface area contributed by atoms with Gasteiger partial charge >= 0.3 is 5.69 Å². The highest BCUT2D eigenvalue weighted by molar-refractivity contribution is 5.93. The molecule has 7 heteroatoms. The molecule has 174 valence electrons. The number of piperidine rings is 1. The lowest BCUT2D eigenvalue weighted by Gasteiger charge is -2.50. The van der Waals surface area contributed by atoms with Crippen molar-refractivity contribution < 1.29 is 9.59 Å². The largest absolute Gasteiger partial charge is 0.345 e. The van der Waals surface area contributed by atoms with Crippen molar-refractivity contribution in [2.24, 2.45) is 5.41 Å². The van der Waals surface area contributed by atoms with Gasteiger partial charge in [0.2, 0.25) is 5.91 Å². The van der Waals surface area contributed by atoms with E-state index in [1.165, 1.54) is 0 Å². The Bertz CT molecular complexity index is 1130. The van der Waals surface area contributed by atoms with E-state index >= 15 is 0 Å². The Morgan fingerprint density at radius 1 is 1.12 bits per heavy atom. The molecule has 1 aromatic carbocycles. The molecule has 2 saturated heterocycles. The molecule has 0 spiro atoms. The highest BCUT2D eigenvalue weighted by Crippen LogP contribution is 2.55. The van der Waals surface area contributed by atoms with Crippen LogP contribution in [0, 0.1) is 12.3 Å². The van der Waals surface area contributed by atoms with E-state index in [0.29, 0.717) is 12.1 Å². The minimum absolute atomic E-state index is 0.0338. The second-order valence-corrected chi connectivity index (χ2v) is 10.2. The number of rotatable bonds is 3. The van der Waals surface area contributed by atoms with Crippen molar-refractivity contribution in [3.63, 3.8) is 0 Å². The van der Waals surface area contributed by atoms with Gasteiger partial charge in [0.15, 0.2) is 0 Å². The molecule has 2 aliphatic heterocycles. The van der Waals surface area contributed by atoms with Crippen molar-refractivity contribution in [2.45, 2.75) is 83.5 Å². The van der Waals surface area contributed by atoms with Gasteiger partial charge in [-0.05, 0) is 44.2 Å². The van der Waals surface area contributed by atoms with Crippen LogP contribution in [0.15, 0.2) is 41.2 Å². The molecule has 33 heavy (non-hydrogen) atoms. The van der Waals surface area contributed by atoms with E-state index in [-0.39, 0.29) is 47.1 Å². The number of likely N-dealkylation sites (tertiary alicyclic amines) is 2. The summed E-state index contributed by atoms with van der Waals surface area (Å²) < 4.78 is 0. The van der Waals surface area contributed by atoms with Gasteiger partial charge in [0.25, 0.3) is 5.91 Å². The molecule has 1 N–H and O–H groups in total. The number of hydrogen-bond donors (Lipinski definition) is 1. The van der Waals surface area contributed by atoms with Crippen molar-refractivity contribution in [2.75, 3.05) is 0 Å². The zero-order valence-electron chi connectivity index (χ0n) is 19.6. The quantitative estimate of drug-likeness (QED) is 0.782. The molecule has 3 aliphatic rings. The molecule has 3 fully saturated rings. The minimum Gasteiger partial charge on any atom is -0.334 e. The average Bonchev–Trinajstić information content (AvgIpc) is 2.91. The van der Waals surface area contributed by atoms with Crippen LogP contribution in [0.25, 0.3) is 0 Å². The van der Waals surface area contributed by atoms with Crippen LogP contribution < -0.4 is 5.69 Å². The second kappa shape index (κ2) is 8.12. The van der Waals surface area contributed by atoms with Crippen LogP contribution in [0.4, 0.5) is 0 Å². The standard InChI is InChI=1S/C26H32N4O3/c1-16-13-19(28-25(33)27-16)24(32)30-21-15-26(3)22(11-7-8-12-23(26)30)29(17(2)31)20(21)14-18-9-5-4-6-10-18/h4-6,9-10,13,20-23H,7-8,11-12,14-15H2,1-3H3,(H,27,28,33)/t20-,21-,22+,23-,26+/m0/s1. The van der Waals surface area contributed by atoms with Crippen LogP contribution in [0.1, 0.15) is 67.7 Å². The highest BCUT2D eigenvalue weighted by Gasteiger charge is 2.63. The molecular formula is C26H32N4O3. The van der Waals surface area contributed by atoms with Gasteiger partial charge in [-0.15, -0.1) is 0 Å². The summed E-state index contributed by atoms with van der Waals surface area (Å²) >= 11 is 0. The van der Waals surface area contributed by atoms with Gasteiger partial charge < -0.3 is 14.8 Å². The van der Waals surface area contributed by atoms with Gasteiger partial charge in [-0.3, -0.25) is 9.59 Å². The van der Waals surface area contributed by atoms with Crippen LogP contribution >= 0.6 is 0 Å². The van der Waals surface area contributed by atoms with Gasteiger partial charge in [-0.25, -0.2) is 4.79 Å². The second-order valence-electron chi connectivity index (χ2n) is 10.2. The van der Waals surface area contributed by atoms with Crippen LogP contribution in [0.3, 0.4) is 0 Å².